The molecule has 1 N–H and O–H groups in total. The minimum absolute atomic E-state index is 0.0298. The smallest absolute Gasteiger partial charge is 0.257 e. The van der Waals surface area contributed by atoms with Gasteiger partial charge in [-0.15, -0.1) is 0 Å². The van der Waals surface area contributed by atoms with E-state index in [1.807, 2.05) is 6.92 Å². The van der Waals surface area contributed by atoms with Crippen molar-refractivity contribution in [3.05, 3.63) is 17.5 Å². The lowest BCUT2D eigenvalue weighted by Crippen LogP contribution is -2.30. The Morgan fingerprint density at radius 2 is 2.00 bits per heavy atom. The Morgan fingerprint density at radius 1 is 1.41 bits per heavy atom. The van der Waals surface area contributed by atoms with Crippen molar-refractivity contribution >= 4 is 5.91 Å². The molecule has 1 aromatic rings. The molecule has 6 nitrogen and oxygen atoms in total. The molecule has 1 aliphatic heterocycles. The summed E-state index contributed by atoms with van der Waals surface area (Å²) in [6.07, 6.45) is 1.44. The van der Waals surface area contributed by atoms with E-state index in [4.69, 9.17) is 9.47 Å². The third kappa shape index (κ3) is 2.18. The van der Waals surface area contributed by atoms with Gasteiger partial charge >= 0.3 is 0 Å². The molecule has 2 atom stereocenters. The maximum atomic E-state index is 12.2. The standard InChI is InChI=1S/C11H17N3O3/c1-7-8(4-12-13-7)11(15)14-5-9(16-2)10(6-14)17-3/h4,9-10H,5-6H2,1-3H3,(H,12,13). The largest absolute Gasteiger partial charge is 0.377 e. The van der Waals surface area contributed by atoms with Gasteiger partial charge in [0.1, 0.15) is 12.2 Å². The molecule has 0 radical (unpaired) electrons. The molecule has 0 saturated carbocycles. The number of aromatic amines is 1. The number of aromatic nitrogens is 2. The van der Waals surface area contributed by atoms with E-state index in [0.717, 1.165) is 5.69 Å². The van der Waals surface area contributed by atoms with Crippen molar-refractivity contribution in [2.75, 3.05) is 27.3 Å². The number of likely N-dealkylation sites (tertiary alicyclic amines) is 1. The summed E-state index contributed by atoms with van der Waals surface area (Å²) in [4.78, 5) is 13.9. The molecule has 2 unspecified atom stereocenters. The summed E-state index contributed by atoms with van der Waals surface area (Å²) in [6, 6.07) is 0. The second-order valence-electron chi connectivity index (χ2n) is 4.17. The molecule has 0 aromatic carbocycles. The van der Waals surface area contributed by atoms with Crippen LogP contribution in [-0.2, 0) is 9.47 Å². The molecule has 1 aromatic heterocycles. The summed E-state index contributed by atoms with van der Waals surface area (Å²) in [7, 11) is 3.27. The number of nitrogens with one attached hydrogen (secondary N) is 1. The van der Waals surface area contributed by atoms with Crippen molar-refractivity contribution in [1.82, 2.24) is 15.1 Å². The molecule has 2 rings (SSSR count). The Labute approximate surface area is 99.9 Å². The quantitative estimate of drug-likeness (QED) is 0.818. The predicted octanol–water partition coefficient (Wildman–Crippen LogP) is 0.204. The number of rotatable bonds is 3. The summed E-state index contributed by atoms with van der Waals surface area (Å²) >= 11 is 0. The van der Waals surface area contributed by atoms with E-state index in [1.54, 1.807) is 25.3 Å². The number of hydrogen-bond donors (Lipinski definition) is 1. The van der Waals surface area contributed by atoms with E-state index in [9.17, 15) is 4.79 Å². The molecule has 2 heterocycles. The summed E-state index contributed by atoms with van der Waals surface area (Å²) in [5.41, 5.74) is 1.39. The molecular formula is C11H17N3O3. The second-order valence-corrected chi connectivity index (χ2v) is 4.17. The first-order chi connectivity index (χ1) is 8.17. The van der Waals surface area contributed by atoms with Gasteiger partial charge in [-0.05, 0) is 6.92 Å². The maximum Gasteiger partial charge on any atom is 0.257 e. The first-order valence-corrected chi connectivity index (χ1v) is 5.52. The lowest BCUT2D eigenvalue weighted by atomic mass is 10.2. The van der Waals surface area contributed by atoms with Crippen LogP contribution < -0.4 is 0 Å². The Morgan fingerprint density at radius 3 is 2.41 bits per heavy atom. The van der Waals surface area contributed by atoms with Crippen LogP contribution in [0.1, 0.15) is 16.1 Å². The zero-order valence-corrected chi connectivity index (χ0v) is 10.3. The summed E-state index contributed by atoms with van der Waals surface area (Å²) in [5.74, 6) is -0.0298. The number of nitrogens with zero attached hydrogens (tertiary/aromatic N) is 2. The number of methoxy groups -OCH3 is 2. The van der Waals surface area contributed by atoms with Crippen LogP contribution in [0.3, 0.4) is 0 Å². The summed E-state index contributed by atoms with van der Waals surface area (Å²) in [6.45, 7) is 2.94. The highest BCUT2D eigenvalue weighted by molar-refractivity contribution is 5.95. The molecule has 1 fully saturated rings. The van der Waals surface area contributed by atoms with Crippen molar-refractivity contribution in [2.24, 2.45) is 0 Å². The van der Waals surface area contributed by atoms with E-state index in [2.05, 4.69) is 10.2 Å². The van der Waals surface area contributed by atoms with Gasteiger partial charge < -0.3 is 14.4 Å². The summed E-state index contributed by atoms with van der Waals surface area (Å²) in [5, 5.41) is 6.62. The number of hydrogen-bond acceptors (Lipinski definition) is 4. The van der Waals surface area contributed by atoms with E-state index in [-0.39, 0.29) is 18.1 Å². The highest BCUT2D eigenvalue weighted by atomic mass is 16.5. The van der Waals surface area contributed by atoms with E-state index >= 15 is 0 Å². The zero-order valence-electron chi connectivity index (χ0n) is 10.3. The number of carbonyl (C=O) groups is 1. The molecule has 1 amide bonds. The molecule has 17 heavy (non-hydrogen) atoms. The van der Waals surface area contributed by atoms with Crippen molar-refractivity contribution < 1.29 is 14.3 Å². The van der Waals surface area contributed by atoms with Crippen LogP contribution >= 0.6 is 0 Å². The van der Waals surface area contributed by atoms with Crippen LogP contribution in [0.4, 0.5) is 0 Å². The Kier molecular flexibility index (Phi) is 3.44. The number of amides is 1. The van der Waals surface area contributed by atoms with Crippen LogP contribution in [0.2, 0.25) is 0 Å². The predicted molar refractivity (Wildman–Crippen MR) is 60.8 cm³/mol. The third-order valence-corrected chi connectivity index (χ3v) is 3.17. The number of H-pyrrole nitrogens is 1. The molecule has 1 aliphatic rings. The number of ether oxygens (including phenoxy) is 2. The Balaban J connectivity index is 2.10. The number of aryl methyl sites for hydroxylation is 1. The fourth-order valence-corrected chi connectivity index (χ4v) is 2.10. The highest BCUT2D eigenvalue weighted by Crippen LogP contribution is 2.18. The lowest BCUT2D eigenvalue weighted by molar-refractivity contribution is -0.00461. The van der Waals surface area contributed by atoms with Crippen LogP contribution in [0.5, 0.6) is 0 Å². The second kappa shape index (κ2) is 4.85. The van der Waals surface area contributed by atoms with Gasteiger partial charge in [-0.2, -0.15) is 5.10 Å². The lowest BCUT2D eigenvalue weighted by Gasteiger charge is -2.14. The van der Waals surface area contributed by atoms with Gasteiger partial charge in [0.05, 0.1) is 11.8 Å². The fraction of sp³-hybridized carbons (Fsp3) is 0.636. The molecule has 0 aliphatic carbocycles. The average molecular weight is 239 g/mol. The first kappa shape index (κ1) is 12.1. The normalized spacial score (nSPS) is 24.3. The van der Waals surface area contributed by atoms with Gasteiger partial charge in [-0.3, -0.25) is 9.89 Å². The minimum Gasteiger partial charge on any atom is -0.377 e. The SMILES string of the molecule is COC1CN(C(=O)c2cn[nH]c2C)CC1OC. The minimum atomic E-state index is -0.0591. The molecular weight excluding hydrogens is 222 g/mol. The van der Waals surface area contributed by atoms with Gasteiger partial charge in [0.25, 0.3) is 5.91 Å². The van der Waals surface area contributed by atoms with Gasteiger partial charge in [0.15, 0.2) is 0 Å². The van der Waals surface area contributed by atoms with Crippen LogP contribution in [0.25, 0.3) is 0 Å². The van der Waals surface area contributed by atoms with Crippen LogP contribution in [-0.4, -0.2) is 60.5 Å². The average Bonchev–Trinajstić information content (AvgIpc) is 2.93. The monoisotopic (exact) mass is 239 g/mol. The van der Waals surface area contributed by atoms with Gasteiger partial charge in [0.2, 0.25) is 0 Å². The number of carbonyl (C=O) groups excluding carboxylic acids is 1. The molecule has 0 spiro atoms. The maximum absolute atomic E-state index is 12.2. The topological polar surface area (TPSA) is 67.5 Å². The van der Waals surface area contributed by atoms with Crippen molar-refractivity contribution in [1.29, 1.82) is 0 Å². The Hall–Kier alpha value is -1.40. The Bertz CT molecular complexity index is 392. The van der Waals surface area contributed by atoms with Crippen molar-refractivity contribution in [3.8, 4) is 0 Å². The van der Waals surface area contributed by atoms with E-state index in [0.29, 0.717) is 18.7 Å². The van der Waals surface area contributed by atoms with Crippen LogP contribution in [0, 0.1) is 6.92 Å². The first-order valence-electron chi connectivity index (χ1n) is 5.52. The fourth-order valence-electron chi connectivity index (χ4n) is 2.10. The van der Waals surface area contributed by atoms with Crippen molar-refractivity contribution in [2.45, 2.75) is 19.1 Å². The van der Waals surface area contributed by atoms with E-state index in [1.165, 1.54) is 0 Å². The molecule has 0 bridgehead atoms. The van der Waals surface area contributed by atoms with Crippen molar-refractivity contribution in [3.63, 3.8) is 0 Å². The zero-order chi connectivity index (χ0) is 12.4. The van der Waals surface area contributed by atoms with Gasteiger partial charge in [0, 0.05) is 33.0 Å². The summed E-state index contributed by atoms with van der Waals surface area (Å²) < 4.78 is 10.6. The van der Waals surface area contributed by atoms with E-state index < -0.39 is 0 Å². The highest BCUT2D eigenvalue weighted by Gasteiger charge is 2.36. The van der Waals surface area contributed by atoms with Gasteiger partial charge in [-0.1, -0.05) is 0 Å². The molecule has 6 heteroatoms. The third-order valence-electron chi connectivity index (χ3n) is 3.17. The van der Waals surface area contributed by atoms with Crippen LogP contribution in [0.15, 0.2) is 6.20 Å². The molecule has 1 saturated heterocycles. The molecule has 94 valence electrons. The van der Waals surface area contributed by atoms with Gasteiger partial charge in [-0.25, -0.2) is 0 Å².